The van der Waals surface area contributed by atoms with Gasteiger partial charge in [0.2, 0.25) is 11.7 Å². The monoisotopic (exact) mass is 520 g/mol. The molecule has 0 amide bonds. The van der Waals surface area contributed by atoms with Crippen molar-refractivity contribution in [3.05, 3.63) is 23.0 Å². The van der Waals surface area contributed by atoms with Crippen molar-refractivity contribution < 1.29 is 53.4 Å². The number of aliphatic hydroxyl groups is 3. The molecule has 202 valence electrons. The Hall–Kier alpha value is -2.76. The fourth-order valence-electron chi connectivity index (χ4n) is 8.25. The molecule has 0 aromatic rings. The van der Waals surface area contributed by atoms with Gasteiger partial charge in [0.1, 0.15) is 12.2 Å². The van der Waals surface area contributed by atoms with E-state index in [4.69, 9.17) is 18.9 Å². The van der Waals surface area contributed by atoms with E-state index in [0.717, 1.165) is 7.11 Å². The molecule has 37 heavy (non-hydrogen) atoms. The molecule has 2 saturated carbocycles. The Bertz CT molecular complexity index is 1150. The predicted molar refractivity (Wildman–Crippen MR) is 122 cm³/mol. The van der Waals surface area contributed by atoms with Crippen LogP contribution in [0.25, 0.3) is 0 Å². The molecule has 11 nitrogen and oxygen atoms in total. The molecule has 5 rings (SSSR count). The van der Waals surface area contributed by atoms with Crippen molar-refractivity contribution in [1.29, 1.82) is 0 Å². The van der Waals surface area contributed by atoms with E-state index in [-0.39, 0.29) is 25.2 Å². The van der Waals surface area contributed by atoms with Gasteiger partial charge in [-0.2, -0.15) is 0 Å². The third kappa shape index (κ3) is 3.04. The smallest absolute Gasteiger partial charge is 0.348 e. The van der Waals surface area contributed by atoms with Gasteiger partial charge in [0, 0.05) is 23.8 Å². The van der Waals surface area contributed by atoms with Gasteiger partial charge in [-0.15, -0.1) is 0 Å². The summed E-state index contributed by atoms with van der Waals surface area (Å²) >= 11 is 0. The van der Waals surface area contributed by atoms with E-state index in [1.165, 1.54) is 6.08 Å². The normalized spacial score (nSPS) is 45.9. The first-order chi connectivity index (χ1) is 17.3. The Labute approximate surface area is 213 Å². The number of ketones is 1. The lowest BCUT2D eigenvalue weighted by atomic mass is 9.38. The maximum atomic E-state index is 13.4. The number of fused-ring (bicyclic) bond motifs is 2. The minimum atomic E-state index is -2.22. The van der Waals surface area contributed by atoms with Crippen molar-refractivity contribution in [3.63, 3.8) is 0 Å². The zero-order valence-corrected chi connectivity index (χ0v) is 21.3. The van der Waals surface area contributed by atoms with E-state index in [9.17, 15) is 34.5 Å². The maximum Gasteiger partial charge on any atom is 0.348 e. The van der Waals surface area contributed by atoms with Crippen LogP contribution in [-0.2, 0) is 38.1 Å². The van der Waals surface area contributed by atoms with Crippen molar-refractivity contribution in [1.82, 2.24) is 0 Å². The minimum absolute atomic E-state index is 0.141. The molecule has 3 N–H and O–H groups in total. The number of ether oxygens (including phenoxy) is 4. The number of rotatable bonds is 3. The lowest BCUT2D eigenvalue weighted by Gasteiger charge is -2.67. The molecular weight excluding hydrogens is 488 g/mol. The molecule has 11 heteroatoms. The minimum Gasteiger partial charge on any atom is -0.504 e. The number of carbonyl (C=O) groups is 4. The van der Waals surface area contributed by atoms with Gasteiger partial charge in [-0.1, -0.05) is 12.5 Å². The highest BCUT2D eigenvalue weighted by Gasteiger charge is 2.85. The summed E-state index contributed by atoms with van der Waals surface area (Å²) in [5.74, 6) is -6.30. The largest absolute Gasteiger partial charge is 0.504 e. The maximum absolute atomic E-state index is 13.4. The van der Waals surface area contributed by atoms with Crippen LogP contribution in [0, 0.1) is 28.6 Å². The topological polar surface area (TPSA) is 166 Å². The summed E-state index contributed by atoms with van der Waals surface area (Å²) in [4.78, 5) is 52.2. The zero-order chi connectivity index (χ0) is 27.2. The van der Waals surface area contributed by atoms with Crippen molar-refractivity contribution in [2.24, 2.45) is 28.6 Å². The summed E-state index contributed by atoms with van der Waals surface area (Å²) in [6, 6.07) is 0. The first kappa shape index (κ1) is 25.9. The first-order valence-corrected chi connectivity index (χ1v) is 12.3. The van der Waals surface area contributed by atoms with Gasteiger partial charge in [-0.25, -0.2) is 14.4 Å². The van der Waals surface area contributed by atoms with Crippen molar-refractivity contribution in [2.45, 2.75) is 70.6 Å². The summed E-state index contributed by atoms with van der Waals surface area (Å²) in [5, 5.41) is 33.6. The molecule has 0 radical (unpaired) electrons. The van der Waals surface area contributed by atoms with Crippen LogP contribution in [0.15, 0.2) is 23.0 Å². The van der Waals surface area contributed by atoms with Gasteiger partial charge in [-0.05, 0) is 44.1 Å². The number of hydrogen-bond acceptors (Lipinski definition) is 11. The third-order valence-electron chi connectivity index (χ3n) is 9.49. The fourth-order valence-corrected chi connectivity index (χ4v) is 8.25. The summed E-state index contributed by atoms with van der Waals surface area (Å²) in [5.41, 5.74) is -3.50. The Kier molecular flexibility index (Phi) is 5.68. The Morgan fingerprint density at radius 2 is 1.84 bits per heavy atom. The lowest BCUT2D eigenvalue weighted by Crippen LogP contribution is -2.79. The van der Waals surface area contributed by atoms with Gasteiger partial charge >= 0.3 is 17.9 Å². The second kappa shape index (κ2) is 8.12. The number of carbonyl (C=O) groups excluding carboxylic acids is 4. The standard InChI is InChI=1S/C26H32O11/c1-10(2)6-15(28)37-18-20-25-9-35-26(20,23(33)34-5)21(31)17(30)19(25)24(4)8-13(27)16(29)11(3)12(24)7-14(25)36-22(18)32/h6,12,14,17-21,29-31H,7-9H2,1-5H3/t12?,14-,17-,18-,19-,20-,21+,24+,25-,26+/m1/s1. The predicted octanol–water partition coefficient (Wildman–Crippen LogP) is 0.517. The van der Waals surface area contributed by atoms with Crippen LogP contribution in [-0.4, -0.2) is 82.7 Å². The van der Waals surface area contributed by atoms with Crippen molar-refractivity contribution in [3.8, 4) is 0 Å². The van der Waals surface area contributed by atoms with Gasteiger partial charge in [0.25, 0.3) is 0 Å². The Balaban J connectivity index is 1.74. The number of Topliss-reactive ketones (excluding diaryl/α,β-unsaturated/α-hetero) is 1. The third-order valence-corrected chi connectivity index (χ3v) is 9.49. The van der Waals surface area contributed by atoms with Gasteiger partial charge < -0.3 is 34.3 Å². The second-order valence-corrected chi connectivity index (χ2v) is 11.5. The molecule has 0 aromatic carbocycles. The molecule has 2 bridgehead atoms. The van der Waals surface area contributed by atoms with Crippen LogP contribution in [0.2, 0.25) is 0 Å². The second-order valence-electron chi connectivity index (χ2n) is 11.5. The van der Waals surface area contributed by atoms with Gasteiger partial charge in [0.05, 0.1) is 25.7 Å². The van der Waals surface area contributed by atoms with Crippen molar-refractivity contribution in [2.75, 3.05) is 13.7 Å². The lowest BCUT2D eigenvalue weighted by molar-refractivity contribution is -0.290. The van der Waals surface area contributed by atoms with Crippen LogP contribution in [0.3, 0.4) is 0 Å². The van der Waals surface area contributed by atoms with Crippen LogP contribution in [0.5, 0.6) is 0 Å². The highest BCUT2D eigenvalue weighted by atomic mass is 16.6. The van der Waals surface area contributed by atoms with Crippen molar-refractivity contribution >= 4 is 23.7 Å². The molecule has 3 aliphatic carbocycles. The SMILES string of the molecule is COC(=O)[C@@]12OC[C@@]34[C@@H](CC5C(C)=C(O)C(=O)C[C@]5(C)[C@H]3[C@@H](O)[C@@H]1O)OC(=O)[C@H](OC(=O)C=C(C)C)[C@@H]24. The highest BCUT2D eigenvalue weighted by Crippen LogP contribution is 2.72. The van der Waals surface area contributed by atoms with Crippen LogP contribution in [0.1, 0.15) is 40.5 Å². The van der Waals surface area contributed by atoms with Gasteiger partial charge in [0.15, 0.2) is 11.5 Å². The van der Waals surface area contributed by atoms with Crippen LogP contribution >= 0.6 is 0 Å². The van der Waals surface area contributed by atoms with E-state index in [1.807, 2.05) is 0 Å². The van der Waals surface area contributed by atoms with Gasteiger partial charge in [-0.3, -0.25) is 4.79 Å². The summed E-state index contributed by atoms with van der Waals surface area (Å²) in [7, 11) is 1.09. The average molecular weight is 521 g/mol. The molecule has 4 fully saturated rings. The Morgan fingerprint density at radius 3 is 2.46 bits per heavy atom. The van der Waals surface area contributed by atoms with E-state index in [1.54, 1.807) is 27.7 Å². The average Bonchev–Trinajstić information content (AvgIpc) is 3.12. The number of methoxy groups -OCH3 is 1. The number of esters is 3. The molecule has 2 saturated heterocycles. The summed E-state index contributed by atoms with van der Waals surface area (Å²) in [6.45, 7) is 6.53. The molecule has 0 aromatic heterocycles. The Morgan fingerprint density at radius 1 is 1.16 bits per heavy atom. The summed E-state index contributed by atoms with van der Waals surface area (Å²) in [6.07, 6.45) is -4.79. The van der Waals surface area contributed by atoms with Crippen LogP contribution < -0.4 is 0 Å². The summed E-state index contributed by atoms with van der Waals surface area (Å²) < 4.78 is 22.5. The molecule has 2 heterocycles. The number of allylic oxidation sites excluding steroid dienone is 3. The molecule has 1 unspecified atom stereocenters. The van der Waals surface area contributed by atoms with Crippen LogP contribution in [0.4, 0.5) is 0 Å². The molecule has 1 spiro atoms. The quantitative estimate of drug-likeness (QED) is 0.270. The molecule has 5 aliphatic rings. The zero-order valence-electron chi connectivity index (χ0n) is 21.3. The van der Waals surface area contributed by atoms with E-state index >= 15 is 0 Å². The molecular formula is C26H32O11. The fraction of sp³-hybridized carbons (Fsp3) is 0.692. The number of hydrogen-bond donors (Lipinski definition) is 3. The van der Waals surface area contributed by atoms with E-state index in [2.05, 4.69) is 0 Å². The highest BCUT2D eigenvalue weighted by molar-refractivity contribution is 5.95. The molecule has 10 atom stereocenters. The molecule has 2 aliphatic heterocycles. The van der Waals surface area contributed by atoms with E-state index in [0.29, 0.717) is 11.1 Å². The number of aliphatic hydroxyl groups excluding tert-OH is 3. The van der Waals surface area contributed by atoms with E-state index < -0.39 is 82.3 Å². The first-order valence-electron chi connectivity index (χ1n) is 12.3.